The molecule has 4 rings (SSSR count). The fourth-order valence-electron chi connectivity index (χ4n) is 3.65. The Morgan fingerprint density at radius 2 is 2.11 bits per heavy atom. The van der Waals surface area contributed by atoms with E-state index in [-0.39, 0.29) is 36.7 Å². The first kappa shape index (κ1) is 21.6. The molecule has 1 aromatic carbocycles. The molecule has 0 amide bonds. The van der Waals surface area contributed by atoms with Crippen molar-refractivity contribution in [1.82, 2.24) is 24.8 Å². The zero-order valence-corrected chi connectivity index (χ0v) is 16.8. The SMILES string of the molecule is CCn1c(CN2CCNCC2c2cccnc2)nc2cc(F)ccc21.Cl.Cl. The van der Waals surface area contributed by atoms with E-state index in [1.54, 1.807) is 6.20 Å². The maximum absolute atomic E-state index is 13.5. The second-order valence-corrected chi connectivity index (χ2v) is 6.38. The van der Waals surface area contributed by atoms with Crippen LogP contribution in [0.15, 0.2) is 42.7 Å². The summed E-state index contributed by atoms with van der Waals surface area (Å²) < 4.78 is 15.7. The number of pyridine rings is 1. The largest absolute Gasteiger partial charge is 0.327 e. The molecule has 1 unspecified atom stereocenters. The van der Waals surface area contributed by atoms with Crippen LogP contribution in [0, 0.1) is 5.82 Å². The maximum atomic E-state index is 13.5. The van der Waals surface area contributed by atoms with E-state index in [1.165, 1.54) is 17.7 Å². The molecular weight excluding hydrogens is 388 g/mol. The molecule has 0 saturated carbocycles. The molecule has 0 spiro atoms. The highest BCUT2D eigenvalue weighted by atomic mass is 35.5. The molecule has 1 saturated heterocycles. The molecule has 27 heavy (non-hydrogen) atoms. The molecule has 1 aliphatic heterocycles. The van der Waals surface area contributed by atoms with E-state index >= 15 is 0 Å². The Balaban J connectivity index is 0.00000131. The third-order valence-electron chi connectivity index (χ3n) is 4.87. The Morgan fingerprint density at radius 3 is 2.85 bits per heavy atom. The van der Waals surface area contributed by atoms with Crippen LogP contribution in [0.5, 0.6) is 0 Å². The second kappa shape index (κ2) is 9.46. The predicted octanol–water partition coefficient (Wildman–Crippen LogP) is 3.58. The Morgan fingerprint density at radius 1 is 1.26 bits per heavy atom. The Hall–Kier alpha value is -1.73. The molecule has 0 bridgehead atoms. The lowest BCUT2D eigenvalue weighted by atomic mass is 10.1. The molecule has 1 aliphatic rings. The molecule has 1 N–H and O–H groups in total. The fraction of sp³-hybridized carbons (Fsp3) is 0.368. The van der Waals surface area contributed by atoms with Gasteiger partial charge < -0.3 is 9.88 Å². The molecule has 1 atom stereocenters. The van der Waals surface area contributed by atoms with Crippen LogP contribution in [0.4, 0.5) is 4.39 Å². The van der Waals surface area contributed by atoms with Crippen LogP contribution in [-0.2, 0) is 13.1 Å². The van der Waals surface area contributed by atoms with Crippen molar-refractivity contribution in [3.63, 3.8) is 0 Å². The van der Waals surface area contributed by atoms with Gasteiger partial charge in [0.2, 0.25) is 0 Å². The van der Waals surface area contributed by atoms with Crippen molar-refractivity contribution in [2.45, 2.75) is 26.1 Å². The minimum Gasteiger partial charge on any atom is -0.327 e. The van der Waals surface area contributed by atoms with E-state index < -0.39 is 0 Å². The number of hydrogen-bond donors (Lipinski definition) is 1. The number of nitrogens with zero attached hydrogens (tertiary/aromatic N) is 4. The Kier molecular flexibility index (Phi) is 7.56. The highest BCUT2D eigenvalue weighted by molar-refractivity contribution is 5.85. The van der Waals surface area contributed by atoms with E-state index in [0.29, 0.717) is 0 Å². The van der Waals surface area contributed by atoms with Crippen molar-refractivity contribution in [1.29, 1.82) is 0 Å². The van der Waals surface area contributed by atoms with Crippen LogP contribution in [0.3, 0.4) is 0 Å². The highest BCUT2D eigenvalue weighted by Gasteiger charge is 2.25. The number of aryl methyl sites for hydroxylation is 1. The van der Waals surface area contributed by atoms with Crippen molar-refractivity contribution in [2.75, 3.05) is 19.6 Å². The summed E-state index contributed by atoms with van der Waals surface area (Å²) in [6.45, 7) is 6.46. The van der Waals surface area contributed by atoms with Gasteiger partial charge in [-0.2, -0.15) is 0 Å². The second-order valence-electron chi connectivity index (χ2n) is 6.38. The van der Waals surface area contributed by atoms with Crippen LogP contribution in [0.2, 0.25) is 0 Å². The zero-order valence-electron chi connectivity index (χ0n) is 15.1. The standard InChI is InChI=1S/C19H22FN5.2ClH/c1-2-25-17-6-5-15(20)10-16(17)23-19(25)13-24-9-8-22-12-18(24)14-4-3-7-21-11-14;;/h3-7,10-11,18,22H,2,8-9,12-13H2,1H3;2*1H. The topological polar surface area (TPSA) is 46.0 Å². The fourth-order valence-corrected chi connectivity index (χ4v) is 3.65. The molecule has 0 aliphatic carbocycles. The normalized spacial score (nSPS) is 17.3. The van der Waals surface area contributed by atoms with Crippen LogP contribution in [0.25, 0.3) is 11.0 Å². The number of fused-ring (bicyclic) bond motifs is 1. The van der Waals surface area contributed by atoms with Gasteiger partial charge in [0.25, 0.3) is 0 Å². The highest BCUT2D eigenvalue weighted by Crippen LogP contribution is 2.25. The van der Waals surface area contributed by atoms with Gasteiger partial charge in [-0.3, -0.25) is 9.88 Å². The number of nitrogens with one attached hydrogen (secondary N) is 1. The van der Waals surface area contributed by atoms with Crippen LogP contribution >= 0.6 is 24.8 Å². The van der Waals surface area contributed by atoms with Crippen molar-refractivity contribution in [3.05, 3.63) is 59.9 Å². The van der Waals surface area contributed by atoms with Crippen molar-refractivity contribution < 1.29 is 4.39 Å². The van der Waals surface area contributed by atoms with Crippen molar-refractivity contribution in [3.8, 4) is 0 Å². The average molecular weight is 412 g/mol. The first-order valence-corrected chi connectivity index (χ1v) is 8.75. The molecule has 3 heterocycles. The van der Waals surface area contributed by atoms with Gasteiger partial charge in [-0.25, -0.2) is 9.37 Å². The average Bonchev–Trinajstić information content (AvgIpc) is 2.99. The van der Waals surface area contributed by atoms with Gasteiger partial charge in [0.1, 0.15) is 11.6 Å². The smallest absolute Gasteiger partial charge is 0.125 e. The minimum absolute atomic E-state index is 0. The minimum atomic E-state index is -0.241. The number of imidazole rings is 1. The summed E-state index contributed by atoms with van der Waals surface area (Å²) in [7, 11) is 0. The first-order valence-electron chi connectivity index (χ1n) is 8.75. The molecule has 2 aromatic heterocycles. The van der Waals surface area contributed by atoms with E-state index in [0.717, 1.165) is 49.6 Å². The lowest BCUT2D eigenvalue weighted by molar-refractivity contribution is 0.148. The van der Waals surface area contributed by atoms with E-state index in [1.807, 2.05) is 18.3 Å². The molecule has 8 heteroatoms. The lowest BCUT2D eigenvalue weighted by Gasteiger charge is -2.36. The van der Waals surface area contributed by atoms with Gasteiger partial charge in [0.15, 0.2) is 0 Å². The summed E-state index contributed by atoms with van der Waals surface area (Å²) >= 11 is 0. The molecule has 146 valence electrons. The van der Waals surface area contributed by atoms with Gasteiger partial charge in [-0.15, -0.1) is 24.8 Å². The monoisotopic (exact) mass is 411 g/mol. The van der Waals surface area contributed by atoms with Crippen molar-refractivity contribution >= 4 is 35.8 Å². The van der Waals surface area contributed by atoms with Gasteiger partial charge in [-0.1, -0.05) is 6.07 Å². The Bertz CT molecular complexity index is 871. The number of halogens is 3. The third-order valence-corrected chi connectivity index (χ3v) is 4.87. The number of piperazine rings is 1. The van der Waals surface area contributed by atoms with E-state index in [4.69, 9.17) is 4.98 Å². The Labute approximate surface area is 170 Å². The van der Waals surface area contributed by atoms with Crippen LogP contribution in [0.1, 0.15) is 24.4 Å². The zero-order chi connectivity index (χ0) is 17.2. The summed E-state index contributed by atoms with van der Waals surface area (Å²) in [6, 6.07) is 9.21. The van der Waals surface area contributed by atoms with E-state index in [9.17, 15) is 4.39 Å². The summed E-state index contributed by atoms with van der Waals surface area (Å²) in [6.07, 6.45) is 3.73. The van der Waals surface area contributed by atoms with E-state index in [2.05, 4.69) is 32.8 Å². The number of aromatic nitrogens is 3. The molecule has 1 fully saturated rings. The van der Waals surface area contributed by atoms with Gasteiger partial charge in [-0.05, 0) is 30.7 Å². The molecule has 5 nitrogen and oxygen atoms in total. The predicted molar refractivity (Wildman–Crippen MR) is 110 cm³/mol. The lowest BCUT2D eigenvalue weighted by Crippen LogP contribution is -2.45. The number of rotatable bonds is 4. The van der Waals surface area contributed by atoms with Crippen LogP contribution in [-0.4, -0.2) is 39.1 Å². The molecule has 3 aromatic rings. The quantitative estimate of drug-likeness (QED) is 0.712. The van der Waals surface area contributed by atoms with Gasteiger partial charge in [0.05, 0.1) is 17.6 Å². The molecule has 0 radical (unpaired) electrons. The summed E-state index contributed by atoms with van der Waals surface area (Å²) in [5, 5.41) is 3.47. The van der Waals surface area contributed by atoms with Gasteiger partial charge >= 0.3 is 0 Å². The summed E-state index contributed by atoms with van der Waals surface area (Å²) in [5.41, 5.74) is 2.93. The molecular formula is C19H24Cl2FN5. The number of hydrogen-bond acceptors (Lipinski definition) is 4. The van der Waals surface area contributed by atoms with Crippen molar-refractivity contribution in [2.24, 2.45) is 0 Å². The number of benzene rings is 1. The summed E-state index contributed by atoms with van der Waals surface area (Å²) in [5.74, 6) is 0.745. The van der Waals surface area contributed by atoms with Crippen LogP contribution < -0.4 is 5.32 Å². The first-order chi connectivity index (χ1) is 12.3. The third kappa shape index (κ3) is 4.41. The maximum Gasteiger partial charge on any atom is 0.125 e. The summed E-state index contributed by atoms with van der Waals surface area (Å²) in [4.78, 5) is 11.4. The van der Waals surface area contributed by atoms with Gasteiger partial charge in [0, 0.05) is 50.7 Å².